The summed E-state index contributed by atoms with van der Waals surface area (Å²) in [5, 5.41) is 2.68. The van der Waals surface area contributed by atoms with Gasteiger partial charge < -0.3 is 4.57 Å². The van der Waals surface area contributed by atoms with E-state index in [-0.39, 0.29) is 5.91 Å². The predicted molar refractivity (Wildman–Crippen MR) is 102 cm³/mol. The number of fused-ring (bicyclic) bond motifs is 1. The van der Waals surface area contributed by atoms with Gasteiger partial charge in [-0.25, -0.2) is 0 Å². The number of thiophene rings is 1. The minimum Gasteiger partial charge on any atom is -0.316 e. The van der Waals surface area contributed by atoms with Crippen molar-refractivity contribution >= 4 is 62.2 Å². The Balaban J connectivity index is 2.00. The fourth-order valence-corrected chi connectivity index (χ4v) is 4.65. The normalized spacial score (nSPS) is 12.2. The molecule has 2 aromatic heterocycles. The lowest BCUT2D eigenvalue weighted by Crippen LogP contribution is -2.18. The largest absolute Gasteiger partial charge is 0.316 e. The minimum atomic E-state index is -0.108. The zero-order chi connectivity index (χ0) is 16.2. The molecule has 3 aromatic rings. The van der Waals surface area contributed by atoms with Crippen molar-refractivity contribution in [1.82, 2.24) is 4.57 Å². The van der Waals surface area contributed by atoms with Crippen molar-refractivity contribution in [3.05, 3.63) is 50.4 Å². The van der Waals surface area contributed by atoms with E-state index in [9.17, 15) is 4.79 Å². The van der Waals surface area contributed by atoms with Gasteiger partial charge in [-0.3, -0.25) is 4.79 Å². The lowest BCUT2D eigenvalue weighted by atomic mass is 10.3. The Bertz CT molecular complexity index is 881. The van der Waals surface area contributed by atoms with E-state index in [0.29, 0.717) is 11.4 Å². The lowest BCUT2D eigenvalue weighted by molar-refractivity contribution is -0.117. The van der Waals surface area contributed by atoms with Crippen LogP contribution in [0.2, 0.25) is 5.02 Å². The molecule has 0 aliphatic heterocycles. The summed E-state index contributed by atoms with van der Waals surface area (Å²) in [5.41, 5.74) is 1.08. The second kappa shape index (κ2) is 7.66. The highest BCUT2D eigenvalue weighted by Gasteiger charge is 2.09. The molecule has 0 atom stereocenters. The van der Waals surface area contributed by atoms with Crippen LogP contribution in [0.5, 0.6) is 0 Å². The molecule has 3 nitrogen and oxygen atoms in total. The van der Waals surface area contributed by atoms with Crippen LogP contribution < -0.4 is 4.80 Å². The van der Waals surface area contributed by atoms with Gasteiger partial charge in [-0.1, -0.05) is 29.0 Å². The molecule has 0 spiro atoms. The molecule has 1 amide bonds. The predicted octanol–water partition coefficient (Wildman–Crippen LogP) is 4.45. The first kappa shape index (κ1) is 16.8. The van der Waals surface area contributed by atoms with Crippen molar-refractivity contribution < 1.29 is 4.79 Å². The summed E-state index contributed by atoms with van der Waals surface area (Å²) in [6.07, 6.45) is 2.43. The monoisotopic (exact) mass is 382 g/mol. The Labute approximate surface area is 151 Å². The first-order valence-corrected chi connectivity index (χ1v) is 10.5. The molecule has 0 fully saturated rings. The summed E-state index contributed by atoms with van der Waals surface area (Å²) in [6, 6.07) is 9.72. The molecule has 0 aliphatic carbocycles. The standard InChI is InChI=1S/C16H15ClN2OS3/c1-21-8-6-19-13-5-4-11(17)9-14(13)23-16(19)18-15(20)10-12-3-2-7-22-12/h2-5,7,9H,6,8,10H2,1H3. The topological polar surface area (TPSA) is 34.4 Å². The van der Waals surface area contributed by atoms with Crippen LogP contribution in [-0.2, 0) is 17.8 Å². The van der Waals surface area contributed by atoms with Crippen LogP contribution in [0.25, 0.3) is 10.2 Å². The molecule has 2 heterocycles. The zero-order valence-electron chi connectivity index (χ0n) is 12.5. The van der Waals surface area contributed by atoms with Crippen molar-refractivity contribution in [3.63, 3.8) is 0 Å². The number of hydrogen-bond donors (Lipinski definition) is 0. The van der Waals surface area contributed by atoms with Crippen LogP contribution in [0.4, 0.5) is 0 Å². The Morgan fingerprint density at radius 3 is 3.00 bits per heavy atom. The molecule has 1 aromatic carbocycles. The number of amides is 1. The van der Waals surface area contributed by atoms with Crippen LogP contribution >= 0.6 is 46.0 Å². The maximum absolute atomic E-state index is 12.3. The van der Waals surface area contributed by atoms with E-state index >= 15 is 0 Å². The van der Waals surface area contributed by atoms with Gasteiger partial charge in [0, 0.05) is 22.2 Å². The van der Waals surface area contributed by atoms with E-state index in [4.69, 9.17) is 11.6 Å². The molecule has 0 radical (unpaired) electrons. The number of thiazole rings is 1. The number of halogens is 1. The molecule has 7 heteroatoms. The average molecular weight is 383 g/mol. The van der Waals surface area contributed by atoms with Gasteiger partial charge >= 0.3 is 0 Å². The maximum atomic E-state index is 12.3. The molecule has 0 aliphatic rings. The number of aromatic nitrogens is 1. The van der Waals surface area contributed by atoms with Crippen LogP contribution in [0.15, 0.2) is 40.7 Å². The summed E-state index contributed by atoms with van der Waals surface area (Å²) in [7, 11) is 0. The number of nitrogens with zero attached hydrogens (tertiary/aromatic N) is 2. The SMILES string of the molecule is CSCCn1c(=NC(=O)Cc2cccs2)sc2cc(Cl)ccc21. The van der Waals surface area contributed by atoms with Crippen LogP contribution in [0.1, 0.15) is 4.88 Å². The number of hydrogen-bond acceptors (Lipinski definition) is 4. The van der Waals surface area contributed by atoms with Gasteiger partial charge in [0.2, 0.25) is 0 Å². The Morgan fingerprint density at radius 1 is 1.39 bits per heavy atom. The summed E-state index contributed by atoms with van der Waals surface area (Å²) in [4.78, 5) is 18.4. The van der Waals surface area contributed by atoms with Gasteiger partial charge in [0.05, 0.1) is 16.6 Å². The quantitative estimate of drug-likeness (QED) is 0.653. The lowest BCUT2D eigenvalue weighted by Gasteiger charge is -2.03. The van der Waals surface area contributed by atoms with E-state index in [1.54, 1.807) is 23.1 Å². The number of thioether (sulfide) groups is 1. The molecule has 120 valence electrons. The fraction of sp³-hybridized carbons (Fsp3) is 0.250. The minimum absolute atomic E-state index is 0.108. The molecule has 0 bridgehead atoms. The number of carbonyl (C=O) groups excluding carboxylic acids is 1. The van der Waals surface area contributed by atoms with E-state index in [0.717, 1.165) is 32.2 Å². The second-order valence-electron chi connectivity index (χ2n) is 4.90. The first-order chi connectivity index (χ1) is 11.2. The highest BCUT2D eigenvalue weighted by Crippen LogP contribution is 2.22. The molecule has 0 N–H and O–H groups in total. The van der Waals surface area contributed by atoms with Gasteiger partial charge in [-0.15, -0.1) is 11.3 Å². The molecular weight excluding hydrogens is 368 g/mol. The summed E-state index contributed by atoms with van der Waals surface area (Å²) >= 11 is 11.0. The molecule has 3 rings (SSSR count). The van der Waals surface area contributed by atoms with Crippen LogP contribution in [-0.4, -0.2) is 22.5 Å². The molecule has 0 saturated carbocycles. The smallest absolute Gasteiger partial charge is 0.253 e. The maximum Gasteiger partial charge on any atom is 0.253 e. The van der Waals surface area contributed by atoms with Gasteiger partial charge in [-0.2, -0.15) is 16.8 Å². The number of rotatable bonds is 5. The third-order valence-electron chi connectivity index (χ3n) is 3.29. The highest BCUT2D eigenvalue weighted by atomic mass is 35.5. The van der Waals surface area contributed by atoms with Gasteiger partial charge in [0.15, 0.2) is 4.80 Å². The van der Waals surface area contributed by atoms with Gasteiger partial charge in [0.25, 0.3) is 5.91 Å². The van der Waals surface area contributed by atoms with E-state index < -0.39 is 0 Å². The molecular formula is C16H15ClN2OS3. The van der Waals surface area contributed by atoms with Crippen LogP contribution in [0, 0.1) is 0 Å². The molecule has 0 unspecified atom stereocenters. The Hall–Kier alpha value is -1.08. The van der Waals surface area contributed by atoms with Crippen molar-refractivity contribution in [2.45, 2.75) is 13.0 Å². The Morgan fingerprint density at radius 2 is 2.26 bits per heavy atom. The van der Waals surface area contributed by atoms with Crippen molar-refractivity contribution in [3.8, 4) is 0 Å². The fourth-order valence-electron chi connectivity index (χ4n) is 2.24. The van der Waals surface area contributed by atoms with Gasteiger partial charge in [-0.05, 0) is 35.9 Å². The van der Waals surface area contributed by atoms with E-state index in [2.05, 4.69) is 15.8 Å². The Kier molecular flexibility index (Phi) is 5.58. The number of aryl methyl sites for hydroxylation is 1. The average Bonchev–Trinajstić information content (AvgIpc) is 3.12. The van der Waals surface area contributed by atoms with E-state index in [1.807, 2.05) is 35.7 Å². The number of benzene rings is 1. The molecule has 0 saturated heterocycles. The zero-order valence-corrected chi connectivity index (χ0v) is 15.7. The van der Waals surface area contributed by atoms with Gasteiger partial charge in [0.1, 0.15) is 0 Å². The van der Waals surface area contributed by atoms with E-state index in [1.165, 1.54) is 11.3 Å². The van der Waals surface area contributed by atoms with Crippen molar-refractivity contribution in [2.75, 3.05) is 12.0 Å². The first-order valence-electron chi connectivity index (χ1n) is 7.05. The second-order valence-corrected chi connectivity index (χ2v) is 8.37. The van der Waals surface area contributed by atoms with Crippen molar-refractivity contribution in [2.24, 2.45) is 4.99 Å². The third-order valence-corrected chi connectivity index (χ3v) is 6.03. The van der Waals surface area contributed by atoms with Crippen molar-refractivity contribution in [1.29, 1.82) is 0 Å². The summed E-state index contributed by atoms with van der Waals surface area (Å²) < 4.78 is 3.17. The third kappa shape index (κ3) is 4.07. The number of carbonyl (C=O) groups is 1. The summed E-state index contributed by atoms with van der Waals surface area (Å²) in [6.45, 7) is 0.827. The highest BCUT2D eigenvalue weighted by molar-refractivity contribution is 7.98. The van der Waals surface area contributed by atoms with Crippen LogP contribution in [0.3, 0.4) is 0 Å². The summed E-state index contributed by atoms with van der Waals surface area (Å²) in [5.74, 6) is 0.865. The molecule has 23 heavy (non-hydrogen) atoms.